The highest BCUT2D eigenvalue weighted by atomic mass is 32.1. The van der Waals surface area contributed by atoms with Gasteiger partial charge in [0.15, 0.2) is 4.77 Å². The number of nitrogens with zero attached hydrogens (tertiary/aromatic N) is 2. The van der Waals surface area contributed by atoms with Crippen molar-refractivity contribution in [3.8, 4) is 0 Å². The Bertz CT molecular complexity index is 467. The predicted octanol–water partition coefficient (Wildman–Crippen LogP) is 3.96. The Morgan fingerprint density at radius 2 is 2.06 bits per heavy atom. The number of H-pyrrole nitrogens is 1. The number of nitrogens with one attached hydrogen (secondary N) is 1. The van der Waals surface area contributed by atoms with Gasteiger partial charge >= 0.3 is 0 Å². The normalized spacial score (nSPS) is 28.2. The third-order valence-corrected chi connectivity index (χ3v) is 4.75. The van der Waals surface area contributed by atoms with Gasteiger partial charge in [0.25, 0.3) is 0 Å². The van der Waals surface area contributed by atoms with E-state index in [9.17, 15) is 0 Å². The first-order chi connectivity index (χ1) is 8.09. The second-order valence-corrected chi connectivity index (χ2v) is 6.66. The van der Waals surface area contributed by atoms with Crippen LogP contribution in [-0.4, -0.2) is 14.8 Å². The highest BCUT2D eigenvalue weighted by Gasteiger charge is 2.38. The second kappa shape index (κ2) is 3.94. The molecule has 2 aliphatic carbocycles. The standard InChI is InChI=1S/C13H21N3S/c1-13(2)8-4-3-5-10(13)11-14-15-12(17)16(11)9-6-7-9/h9-10H,3-8H2,1-2H3,(H,15,17). The molecular weight excluding hydrogens is 230 g/mol. The molecule has 0 amide bonds. The molecule has 0 radical (unpaired) electrons. The van der Waals surface area contributed by atoms with Gasteiger partial charge in [0, 0.05) is 12.0 Å². The minimum atomic E-state index is 0.367. The Kier molecular flexibility index (Phi) is 2.65. The first-order valence-corrected chi connectivity index (χ1v) is 7.17. The molecule has 3 nitrogen and oxygen atoms in total. The molecule has 1 heterocycles. The van der Waals surface area contributed by atoms with Gasteiger partial charge in [0.05, 0.1) is 0 Å². The van der Waals surface area contributed by atoms with Gasteiger partial charge < -0.3 is 4.57 Å². The molecule has 1 atom stereocenters. The van der Waals surface area contributed by atoms with E-state index in [1.165, 1.54) is 44.3 Å². The molecule has 3 rings (SSSR count). The zero-order valence-corrected chi connectivity index (χ0v) is 11.5. The summed E-state index contributed by atoms with van der Waals surface area (Å²) in [7, 11) is 0. The van der Waals surface area contributed by atoms with Gasteiger partial charge in [0.2, 0.25) is 0 Å². The molecule has 1 unspecified atom stereocenters. The van der Waals surface area contributed by atoms with E-state index in [0.717, 1.165) is 4.77 Å². The topological polar surface area (TPSA) is 33.6 Å². The van der Waals surface area contributed by atoms with E-state index in [0.29, 0.717) is 17.4 Å². The summed E-state index contributed by atoms with van der Waals surface area (Å²) in [5.74, 6) is 1.80. The lowest BCUT2D eigenvalue weighted by Gasteiger charge is -2.38. The van der Waals surface area contributed by atoms with Crippen LogP contribution in [-0.2, 0) is 0 Å². The van der Waals surface area contributed by atoms with E-state index < -0.39 is 0 Å². The summed E-state index contributed by atoms with van der Waals surface area (Å²) in [6.45, 7) is 4.76. The number of hydrogen-bond acceptors (Lipinski definition) is 2. The van der Waals surface area contributed by atoms with Gasteiger partial charge in [-0.3, -0.25) is 5.10 Å². The Morgan fingerprint density at radius 1 is 1.29 bits per heavy atom. The highest BCUT2D eigenvalue weighted by molar-refractivity contribution is 7.71. The minimum absolute atomic E-state index is 0.367. The van der Waals surface area contributed by atoms with Crippen molar-refractivity contribution >= 4 is 12.2 Å². The van der Waals surface area contributed by atoms with Crippen LogP contribution in [0.4, 0.5) is 0 Å². The number of aromatic amines is 1. The van der Waals surface area contributed by atoms with Crippen molar-refractivity contribution < 1.29 is 0 Å². The van der Waals surface area contributed by atoms with E-state index in [1.54, 1.807) is 0 Å². The Hall–Kier alpha value is -0.640. The van der Waals surface area contributed by atoms with Crippen LogP contribution in [0, 0.1) is 10.2 Å². The van der Waals surface area contributed by atoms with E-state index in [4.69, 9.17) is 12.2 Å². The smallest absolute Gasteiger partial charge is 0.195 e. The molecule has 1 N–H and O–H groups in total. The number of rotatable bonds is 2. The molecule has 2 saturated carbocycles. The molecule has 0 aliphatic heterocycles. The second-order valence-electron chi connectivity index (χ2n) is 6.28. The largest absolute Gasteiger partial charge is 0.301 e. The molecule has 0 aromatic carbocycles. The van der Waals surface area contributed by atoms with Crippen molar-refractivity contribution in [2.24, 2.45) is 5.41 Å². The molecular formula is C13H21N3S. The van der Waals surface area contributed by atoms with Crippen molar-refractivity contribution in [2.75, 3.05) is 0 Å². The summed E-state index contributed by atoms with van der Waals surface area (Å²) in [5, 5.41) is 7.55. The number of hydrogen-bond donors (Lipinski definition) is 1. The Morgan fingerprint density at radius 3 is 2.71 bits per heavy atom. The Balaban J connectivity index is 2.00. The van der Waals surface area contributed by atoms with Crippen LogP contribution in [0.1, 0.15) is 70.2 Å². The van der Waals surface area contributed by atoms with Crippen LogP contribution >= 0.6 is 12.2 Å². The molecule has 0 saturated heterocycles. The van der Waals surface area contributed by atoms with Crippen LogP contribution in [0.15, 0.2) is 0 Å². The zero-order chi connectivity index (χ0) is 12.0. The van der Waals surface area contributed by atoms with Gasteiger partial charge in [0.1, 0.15) is 5.82 Å². The van der Waals surface area contributed by atoms with E-state index >= 15 is 0 Å². The quantitative estimate of drug-likeness (QED) is 0.807. The van der Waals surface area contributed by atoms with E-state index in [2.05, 4.69) is 28.6 Å². The SMILES string of the molecule is CC1(C)CCCCC1c1n[nH]c(=S)n1C1CC1. The first-order valence-electron chi connectivity index (χ1n) is 6.76. The molecule has 1 aromatic rings. The molecule has 0 bridgehead atoms. The van der Waals surface area contributed by atoms with Crippen LogP contribution in [0.2, 0.25) is 0 Å². The number of aromatic nitrogens is 3. The fourth-order valence-electron chi connectivity index (χ4n) is 3.22. The molecule has 4 heteroatoms. The van der Waals surface area contributed by atoms with Crippen LogP contribution in [0.5, 0.6) is 0 Å². The summed E-state index contributed by atoms with van der Waals surface area (Å²) in [4.78, 5) is 0. The van der Waals surface area contributed by atoms with Crippen molar-refractivity contribution in [3.05, 3.63) is 10.6 Å². The van der Waals surface area contributed by atoms with Crippen molar-refractivity contribution in [3.63, 3.8) is 0 Å². The maximum atomic E-state index is 5.38. The zero-order valence-electron chi connectivity index (χ0n) is 10.7. The molecule has 1 aromatic heterocycles. The summed E-state index contributed by atoms with van der Waals surface area (Å²) in [6, 6.07) is 0.633. The van der Waals surface area contributed by atoms with E-state index in [1.807, 2.05) is 0 Å². The summed E-state index contributed by atoms with van der Waals surface area (Å²) < 4.78 is 3.12. The van der Waals surface area contributed by atoms with Gasteiger partial charge in [-0.25, -0.2) is 0 Å². The Labute approximate surface area is 108 Å². The lowest BCUT2D eigenvalue weighted by Crippen LogP contribution is -2.28. The maximum Gasteiger partial charge on any atom is 0.195 e. The predicted molar refractivity (Wildman–Crippen MR) is 70.7 cm³/mol. The van der Waals surface area contributed by atoms with Crippen molar-refractivity contribution in [2.45, 2.75) is 64.3 Å². The molecule has 94 valence electrons. The average Bonchev–Trinajstić information content (AvgIpc) is 3.03. The van der Waals surface area contributed by atoms with Gasteiger partial charge in [-0.1, -0.05) is 26.7 Å². The molecule has 2 aliphatic rings. The molecule has 0 spiro atoms. The van der Waals surface area contributed by atoms with Gasteiger partial charge in [-0.2, -0.15) is 5.10 Å². The first kappa shape index (κ1) is 11.5. The fourth-order valence-corrected chi connectivity index (χ4v) is 3.51. The van der Waals surface area contributed by atoms with E-state index in [-0.39, 0.29) is 0 Å². The van der Waals surface area contributed by atoms with Crippen LogP contribution < -0.4 is 0 Å². The van der Waals surface area contributed by atoms with Crippen molar-refractivity contribution in [1.29, 1.82) is 0 Å². The fraction of sp³-hybridized carbons (Fsp3) is 0.846. The monoisotopic (exact) mass is 251 g/mol. The lowest BCUT2D eigenvalue weighted by molar-refractivity contribution is 0.188. The molecule has 17 heavy (non-hydrogen) atoms. The van der Waals surface area contributed by atoms with Gasteiger partial charge in [-0.05, 0) is 43.3 Å². The summed E-state index contributed by atoms with van der Waals surface area (Å²) in [5.41, 5.74) is 0.367. The average molecular weight is 251 g/mol. The van der Waals surface area contributed by atoms with Crippen LogP contribution in [0.25, 0.3) is 0 Å². The maximum absolute atomic E-state index is 5.38. The summed E-state index contributed by atoms with van der Waals surface area (Å²) >= 11 is 5.38. The summed E-state index contributed by atoms with van der Waals surface area (Å²) in [6.07, 6.45) is 7.81. The third-order valence-electron chi connectivity index (χ3n) is 4.46. The minimum Gasteiger partial charge on any atom is -0.301 e. The third kappa shape index (κ3) is 1.96. The highest BCUT2D eigenvalue weighted by Crippen LogP contribution is 2.48. The van der Waals surface area contributed by atoms with Crippen molar-refractivity contribution in [1.82, 2.24) is 14.8 Å². The molecule has 2 fully saturated rings. The lowest BCUT2D eigenvalue weighted by atomic mass is 9.68. The van der Waals surface area contributed by atoms with Gasteiger partial charge in [-0.15, -0.1) is 0 Å². The van der Waals surface area contributed by atoms with Crippen LogP contribution in [0.3, 0.4) is 0 Å².